The van der Waals surface area contributed by atoms with Crippen molar-refractivity contribution >= 4 is 35.2 Å². The number of benzene rings is 2. The van der Waals surface area contributed by atoms with Gasteiger partial charge in [0.05, 0.1) is 16.8 Å². The summed E-state index contributed by atoms with van der Waals surface area (Å²) in [6.07, 6.45) is 0. The van der Waals surface area contributed by atoms with Crippen LogP contribution in [0.25, 0.3) is 22.4 Å². The number of nitrogens with zero attached hydrogens (tertiary/aromatic N) is 4. The van der Waals surface area contributed by atoms with Crippen LogP contribution in [-0.2, 0) is 19.6 Å². The van der Waals surface area contributed by atoms with Gasteiger partial charge in [-0.3, -0.25) is 14.8 Å². The number of carbonyl (C=O) groups excluding carboxylic acids is 1. The standard InChI is InChI=1S/C22H22BN7O3/c1-30-10-16-17(11-30)26-22(19-14-6-3-7-15(20(24)31)18(14)28-29-19)27-21(16)25-9-12-4-2-5-13(8-12)23(32)33/h2-8,32-33H,9-11H2,1H3,(H2,24,31)(H,28,29)(H,25,26,27). The molecule has 0 spiro atoms. The van der Waals surface area contributed by atoms with E-state index < -0.39 is 13.0 Å². The minimum absolute atomic E-state index is 0.358. The Morgan fingerprint density at radius 3 is 2.82 bits per heavy atom. The maximum atomic E-state index is 11.8. The number of rotatable bonds is 6. The van der Waals surface area contributed by atoms with E-state index in [1.54, 1.807) is 30.3 Å². The van der Waals surface area contributed by atoms with Gasteiger partial charge in [-0.15, -0.1) is 0 Å². The van der Waals surface area contributed by atoms with E-state index in [2.05, 4.69) is 20.4 Å². The second-order valence-corrected chi connectivity index (χ2v) is 8.13. The molecule has 0 radical (unpaired) electrons. The van der Waals surface area contributed by atoms with Crippen LogP contribution in [0.15, 0.2) is 42.5 Å². The van der Waals surface area contributed by atoms with Crippen LogP contribution in [0.3, 0.4) is 0 Å². The van der Waals surface area contributed by atoms with Gasteiger partial charge in [0.15, 0.2) is 5.82 Å². The van der Waals surface area contributed by atoms with Crippen molar-refractivity contribution in [2.45, 2.75) is 19.6 Å². The second kappa shape index (κ2) is 8.28. The number of hydrogen-bond acceptors (Lipinski definition) is 8. The first-order valence-corrected chi connectivity index (χ1v) is 10.4. The number of primary amides is 1. The van der Waals surface area contributed by atoms with Crippen LogP contribution in [0.5, 0.6) is 0 Å². The number of para-hydroxylation sites is 1. The maximum absolute atomic E-state index is 11.8. The first-order valence-electron chi connectivity index (χ1n) is 10.4. The fourth-order valence-electron chi connectivity index (χ4n) is 4.13. The predicted molar refractivity (Wildman–Crippen MR) is 124 cm³/mol. The summed E-state index contributed by atoms with van der Waals surface area (Å²) in [5, 5.41) is 30.3. The summed E-state index contributed by atoms with van der Waals surface area (Å²) in [6, 6.07) is 12.3. The molecule has 1 amide bonds. The van der Waals surface area contributed by atoms with E-state index in [0.717, 1.165) is 16.8 Å². The number of nitrogens with two attached hydrogens (primary N) is 1. The van der Waals surface area contributed by atoms with Crippen LogP contribution in [0.2, 0.25) is 0 Å². The summed E-state index contributed by atoms with van der Waals surface area (Å²) in [5.74, 6) is 0.598. The molecule has 11 heteroatoms. The molecule has 0 saturated heterocycles. The summed E-state index contributed by atoms with van der Waals surface area (Å²) in [7, 11) is 0.493. The Morgan fingerprint density at radius 2 is 2.03 bits per heavy atom. The van der Waals surface area contributed by atoms with Crippen LogP contribution in [0, 0.1) is 0 Å². The van der Waals surface area contributed by atoms with Crippen molar-refractivity contribution in [1.29, 1.82) is 0 Å². The summed E-state index contributed by atoms with van der Waals surface area (Å²) < 4.78 is 0. The van der Waals surface area contributed by atoms with Crippen LogP contribution in [0.1, 0.15) is 27.2 Å². The Kier molecular flexibility index (Phi) is 5.29. The average Bonchev–Trinajstić information content (AvgIpc) is 3.40. The van der Waals surface area contributed by atoms with Crippen molar-refractivity contribution < 1.29 is 14.8 Å². The Labute approximate surface area is 189 Å². The van der Waals surface area contributed by atoms with Crippen molar-refractivity contribution in [2.24, 2.45) is 5.73 Å². The molecule has 0 fully saturated rings. The van der Waals surface area contributed by atoms with Crippen molar-refractivity contribution in [3.05, 3.63) is 64.8 Å². The number of carbonyl (C=O) groups is 1. The number of aromatic nitrogens is 4. The smallest absolute Gasteiger partial charge is 0.423 e. The minimum Gasteiger partial charge on any atom is -0.423 e. The summed E-state index contributed by atoms with van der Waals surface area (Å²) >= 11 is 0. The molecule has 5 rings (SSSR count). The van der Waals surface area contributed by atoms with Gasteiger partial charge in [-0.05, 0) is 24.1 Å². The van der Waals surface area contributed by atoms with Crippen molar-refractivity contribution in [1.82, 2.24) is 25.1 Å². The molecular weight excluding hydrogens is 421 g/mol. The molecule has 2 aromatic carbocycles. The molecule has 0 unspecified atom stereocenters. The van der Waals surface area contributed by atoms with Gasteiger partial charge >= 0.3 is 7.12 Å². The second-order valence-electron chi connectivity index (χ2n) is 8.13. The third-order valence-corrected chi connectivity index (χ3v) is 5.73. The van der Waals surface area contributed by atoms with Crippen molar-refractivity contribution in [2.75, 3.05) is 12.4 Å². The largest absolute Gasteiger partial charge is 0.488 e. The van der Waals surface area contributed by atoms with Crippen LogP contribution >= 0.6 is 0 Å². The van der Waals surface area contributed by atoms with E-state index in [9.17, 15) is 14.8 Å². The van der Waals surface area contributed by atoms with Gasteiger partial charge in [0, 0.05) is 30.6 Å². The molecule has 1 aliphatic rings. The zero-order chi connectivity index (χ0) is 23.1. The number of hydrogen-bond donors (Lipinski definition) is 5. The topological polar surface area (TPSA) is 153 Å². The lowest BCUT2D eigenvalue weighted by Crippen LogP contribution is -2.30. The van der Waals surface area contributed by atoms with Gasteiger partial charge in [0.2, 0.25) is 0 Å². The number of aromatic amines is 1. The highest BCUT2D eigenvalue weighted by atomic mass is 16.4. The molecule has 1 aliphatic heterocycles. The highest BCUT2D eigenvalue weighted by Gasteiger charge is 2.25. The highest BCUT2D eigenvalue weighted by molar-refractivity contribution is 6.58. The number of H-pyrrole nitrogens is 1. The predicted octanol–water partition coefficient (Wildman–Crippen LogP) is 0.356. The van der Waals surface area contributed by atoms with Crippen molar-refractivity contribution in [3.63, 3.8) is 0 Å². The number of amides is 1. The summed E-state index contributed by atoms with van der Waals surface area (Å²) in [5.41, 5.74) is 10.2. The minimum atomic E-state index is -1.52. The Balaban J connectivity index is 1.54. The van der Waals surface area contributed by atoms with Crippen LogP contribution < -0.4 is 16.5 Å². The molecule has 0 bridgehead atoms. The molecule has 10 nitrogen and oxygen atoms in total. The van der Waals surface area contributed by atoms with Gasteiger partial charge in [-0.1, -0.05) is 36.4 Å². The van der Waals surface area contributed by atoms with Crippen molar-refractivity contribution in [3.8, 4) is 11.5 Å². The third-order valence-electron chi connectivity index (χ3n) is 5.73. The SMILES string of the molecule is CN1Cc2nc(-c3n[nH]c4c(C(N)=O)cccc34)nc(NCc3cccc(B(O)O)c3)c2C1. The molecule has 2 aromatic heterocycles. The fraction of sp³-hybridized carbons (Fsp3) is 0.182. The molecule has 166 valence electrons. The zero-order valence-corrected chi connectivity index (χ0v) is 17.9. The van der Waals surface area contributed by atoms with Gasteiger partial charge in [-0.25, -0.2) is 9.97 Å². The maximum Gasteiger partial charge on any atom is 0.488 e. The Hall–Kier alpha value is -3.80. The van der Waals surface area contributed by atoms with Gasteiger partial charge in [0.25, 0.3) is 5.91 Å². The molecule has 0 aliphatic carbocycles. The average molecular weight is 443 g/mol. The van der Waals surface area contributed by atoms with Crippen LogP contribution in [-0.4, -0.2) is 55.2 Å². The molecule has 0 saturated carbocycles. The molecule has 33 heavy (non-hydrogen) atoms. The lowest BCUT2D eigenvalue weighted by molar-refractivity contribution is 0.100. The van der Waals surface area contributed by atoms with Gasteiger partial charge in [0.1, 0.15) is 11.5 Å². The number of fused-ring (bicyclic) bond motifs is 2. The van der Waals surface area contributed by atoms with Crippen LogP contribution in [0.4, 0.5) is 5.82 Å². The molecule has 6 N–H and O–H groups in total. The van der Waals surface area contributed by atoms with E-state index in [-0.39, 0.29) is 0 Å². The lowest BCUT2D eigenvalue weighted by Gasteiger charge is -2.12. The van der Waals surface area contributed by atoms with E-state index in [4.69, 9.17) is 15.7 Å². The van der Waals surface area contributed by atoms with Gasteiger partial charge < -0.3 is 21.1 Å². The lowest BCUT2D eigenvalue weighted by atomic mass is 9.79. The van der Waals surface area contributed by atoms with E-state index in [1.807, 2.05) is 19.2 Å². The third kappa shape index (κ3) is 3.93. The summed E-state index contributed by atoms with van der Waals surface area (Å²) in [6.45, 7) is 1.83. The van der Waals surface area contributed by atoms with E-state index in [1.165, 1.54) is 0 Å². The molecular formula is C22H22BN7O3. The van der Waals surface area contributed by atoms with E-state index >= 15 is 0 Å². The fourth-order valence-corrected chi connectivity index (χ4v) is 4.13. The first kappa shape index (κ1) is 21.1. The summed E-state index contributed by atoms with van der Waals surface area (Å²) in [4.78, 5) is 23.5. The number of nitrogens with one attached hydrogen (secondary N) is 2. The molecule has 0 atom stereocenters. The zero-order valence-electron chi connectivity index (χ0n) is 17.9. The first-order chi connectivity index (χ1) is 15.9. The highest BCUT2D eigenvalue weighted by Crippen LogP contribution is 2.31. The normalized spacial score (nSPS) is 13.3. The Bertz CT molecular complexity index is 1370. The van der Waals surface area contributed by atoms with E-state index in [0.29, 0.717) is 58.9 Å². The van der Waals surface area contributed by atoms with Gasteiger partial charge in [-0.2, -0.15) is 5.10 Å². The Morgan fingerprint density at radius 1 is 1.21 bits per heavy atom. The molecule has 4 aromatic rings. The molecule has 3 heterocycles. The quantitative estimate of drug-likeness (QED) is 0.268. The monoisotopic (exact) mass is 443 g/mol. The number of anilines is 1.